The molecular weight excluding hydrogens is 295 g/mol. The third-order valence-electron chi connectivity index (χ3n) is 2.40. The molecule has 0 saturated carbocycles. The summed E-state index contributed by atoms with van der Waals surface area (Å²) in [5.74, 6) is 0.667. The second kappa shape index (κ2) is 4.73. The summed E-state index contributed by atoms with van der Waals surface area (Å²) in [6.45, 7) is 1.41. The third kappa shape index (κ3) is 1.99. The molecule has 84 valence electrons. The molecule has 0 unspecified atom stereocenters. The molecule has 2 aromatic rings. The number of hydrogen-bond donors (Lipinski definition) is 0. The number of benzene rings is 1. The van der Waals surface area contributed by atoms with Crippen molar-refractivity contribution < 1.29 is 25.2 Å². The van der Waals surface area contributed by atoms with Crippen molar-refractivity contribution >= 4 is 16.8 Å². The Kier molecular flexibility index (Phi) is 3.33. The standard InChI is InChI=1S/C12H10N2O.Pd/c1-2-4-10-9(3-1)5-6-11(14-10)12-13-7-8-15-12;/h1-6H,7-8H2;. The van der Waals surface area contributed by atoms with Gasteiger partial charge in [-0.3, -0.25) is 0 Å². The largest absolute Gasteiger partial charge is 0.474 e. The van der Waals surface area contributed by atoms with Crippen molar-refractivity contribution in [3.63, 3.8) is 0 Å². The fraction of sp³-hybridized carbons (Fsp3) is 0.167. The fourth-order valence-electron chi connectivity index (χ4n) is 1.68. The van der Waals surface area contributed by atoms with Crippen LogP contribution in [0.1, 0.15) is 5.69 Å². The van der Waals surface area contributed by atoms with Gasteiger partial charge < -0.3 is 4.74 Å². The van der Waals surface area contributed by atoms with Gasteiger partial charge in [-0.15, -0.1) is 0 Å². The molecule has 3 nitrogen and oxygen atoms in total. The Morgan fingerprint density at radius 2 is 1.94 bits per heavy atom. The first kappa shape index (κ1) is 11.3. The zero-order valence-corrected chi connectivity index (χ0v) is 10.1. The van der Waals surface area contributed by atoms with Crippen LogP contribution in [0.15, 0.2) is 41.4 Å². The minimum Gasteiger partial charge on any atom is -0.474 e. The van der Waals surface area contributed by atoms with Gasteiger partial charge >= 0.3 is 0 Å². The molecular formula is C12H10N2OPd. The summed E-state index contributed by atoms with van der Waals surface area (Å²) in [7, 11) is 0. The van der Waals surface area contributed by atoms with Gasteiger partial charge in [0.2, 0.25) is 5.90 Å². The Labute approximate surface area is 107 Å². The Balaban J connectivity index is 0.000000963. The minimum absolute atomic E-state index is 0. The maximum absolute atomic E-state index is 5.38. The van der Waals surface area contributed by atoms with Crippen molar-refractivity contribution in [1.29, 1.82) is 0 Å². The molecule has 0 bridgehead atoms. The Morgan fingerprint density at radius 3 is 2.75 bits per heavy atom. The summed E-state index contributed by atoms with van der Waals surface area (Å²) >= 11 is 0. The maximum Gasteiger partial charge on any atom is 0.235 e. The second-order valence-electron chi connectivity index (χ2n) is 3.42. The molecule has 0 aliphatic carbocycles. The number of nitrogens with zero attached hydrogens (tertiary/aromatic N) is 2. The fourth-order valence-corrected chi connectivity index (χ4v) is 1.68. The first-order valence-electron chi connectivity index (χ1n) is 4.97. The Bertz CT molecular complexity index is 539. The van der Waals surface area contributed by atoms with Gasteiger partial charge in [0.1, 0.15) is 12.3 Å². The van der Waals surface area contributed by atoms with Crippen LogP contribution >= 0.6 is 0 Å². The van der Waals surface area contributed by atoms with Crippen LogP contribution < -0.4 is 0 Å². The van der Waals surface area contributed by atoms with Crippen molar-refractivity contribution in [3.8, 4) is 0 Å². The maximum atomic E-state index is 5.38. The van der Waals surface area contributed by atoms with Crippen LogP contribution in [-0.4, -0.2) is 24.0 Å². The average Bonchev–Trinajstić information content (AvgIpc) is 2.82. The predicted molar refractivity (Wildman–Crippen MR) is 59.1 cm³/mol. The zero-order valence-electron chi connectivity index (χ0n) is 8.50. The van der Waals surface area contributed by atoms with Gasteiger partial charge in [-0.1, -0.05) is 24.3 Å². The van der Waals surface area contributed by atoms with E-state index in [1.165, 1.54) is 0 Å². The van der Waals surface area contributed by atoms with Crippen LogP contribution in [-0.2, 0) is 25.2 Å². The van der Waals surface area contributed by atoms with Crippen molar-refractivity contribution in [1.82, 2.24) is 4.98 Å². The van der Waals surface area contributed by atoms with Gasteiger partial charge in [0, 0.05) is 25.8 Å². The van der Waals surface area contributed by atoms with E-state index in [0.29, 0.717) is 12.5 Å². The van der Waals surface area contributed by atoms with Crippen LogP contribution in [0.3, 0.4) is 0 Å². The van der Waals surface area contributed by atoms with Crippen LogP contribution in [0.25, 0.3) is 10.9 Å². The van der Waals surface area contributed by atoms with Crippen LogP contribution in [0.4, 0.5) is 0 Å². The van der Waals surface area contributed by atoms with Crippen molar-refractivity contribution in [2.75, 3.05) is 13.2 Å². The number of rotatable bonds is 1. The van der Waals surface area contributed by atoms with E-state index in [-0.39, 0.29) is 20.4 Å². The average molecular weight is 305 g/mol. The van der Waals surface area contributed by atoms with E-state index in [4.69, 9.17) is 4.74 Å². The minimum atomic E-state index is 0. The summed E-state index contributed by atoms with van der Waals surface area (Å²) in [6, 6.07) is 12.0. The van der Waals surface area contributed by atoms with E-state index in [1.54, 1.807) is 0 Å². The van der Waals surface area contributed by atoms with Gasteiger partial charge in [0.25, 0.3) is 0 Å². The molecule has 1 aromatic carbocycles. The molecule has 0 spiro atoms. The number of aliphatic imine (C=N–C) groups is 1. The van der Waals surface area contributed by atoms with Gasteiger partial charge in [-0.2, -0.15) is 0 Å². The molecule has 0 radical (unpaired) electrons. The molecule has 1 aliphatic heterocycles. The first-order chi connectivity index (χ1) is 7.43. The van der Waals surface area contributed by atoms with Gasteiger partial charge in [0.05, 0.1) is 12.1 Å². The molecule has 0 amide bonds. The molecule has 3 rings (SSSR count). The summed E-state index contributed by atoms with van der Waals surface area (Å²) in [6.07, 6.45) is 0. The Hall–Kier alpha value is -1.24. The van der Waals surface area contributed by atoms with Crippen LogP contribution in [0.5, 0.6) is 0 Å². The molecule has 0 N–H and O–H groups in total. The summed E-state index contributed by atoms with van der Waals surface area (Å²) in [5, 5.41) is 1.14. The molecule has 0 fully saturated rings. The van der Waals surface area contributed by atoms with E-state index in [2.05, 4.69) is 9.98 Å². The van der Waals surface area contributed by atoms with Gasteiger partial charge in [0.15, 0.2) is 0 Å². The second-order valence-corrected chi connectivity index (χ2v) is 3.42. The topological polar surface area (TPSA) is 34.5 Å². The molecule has 2 heterocycles. The number of fused-ring (bicyclic) bond motifs is 1. The molecule has 1 aliphatic rings. The monoisotopic (exact) mass is 304 g/mol. The predicted octanol–water partition coefficient (Wildman–Crippen LogP) is 2.01. The van der Waals surface area contributed by atoms with Gasteiger partial charge in [-0.05, 0) is 12.1 Å². The van der Waals surface area contributed by atoms with E-state index >= 15 is 0 Å². The number of hydrogen-bond acceptors (Lipinski definition) is 3. The molecule has 0 atom stereocenters. The number of para-hydroxylation sites is 1. The van der Waals surface area contributed by atoms with E-state index in [9.17, 15) is 0 Å². The van der Waals surface area contributed by atoms with E-state index < -0.39 is 0 Å². The molecule has 4 heteroatoms. The van der Waals surface area contributed by atoms with Crippen molar-refractivity contribution in [2.45, 2.75) is 0 Å². The van der Waals surface area contributed by atoms with Gasteiger partial charge in [-0.25, -0.2) is 9.98 Å². The third-order valence-corrected chi connectivity index (χ3v) is 2.40. The molecule has 16 heavy (non-hydrogen) atoms. The zero-order chi connectivity index (χ0) is 10.1. The van der Waals surface area contributed by atoms with Crippen LogP contribution in [0, 0.1) is 0 Å². The number of pyridine rings is 1. The SMILES string of the molecule is [Pd].c1ccc2nc(C3=NCCO3)ccc2c1. The Morgan fingerprint density at radius 1 is 1.06 bits per heavy atom. The summed E-state index contributed by atoms with van der Waals surface area (Å²) < 4.78 is 5.38. The van der Waals surface area contributed by atoms with E-state index in [1.807, 2.05) is 36.4 Å². The molecule has 1 aromatic heterocycles. The van der Waals surface area contributed by atoms with Crippen molar-refractivity contribution in [3.05, 3.63) is 42.1 Å². The molecule has 0 saturated heterocycles. The normalized spacial score (nSPS) is 14.1. The smallest absolute Gasteiger partial charge is 0.235 e. The van der Waals surface area contributed by atoms with Crippen molar-refractivity contribution in [2.24, 2.45) is 4.99 Å². The number of aromatic nitrogens is 1. The van der Waals surface area contributed by atoms with Crippen LogP contribution in [0.2, 0.25) is 0 Å². The summed E-state index contributed by atoms with van der Waals surface area (Å²) in [5.41, 5.74) is 1.81. The number of ether oxygens (including phenoxy) is 1. The first-order valence-corrected chi connectivity index (χ1v) is 4.97. The quantitative estimate of drug-likeness (QED) is 0.755. The van der Waals surface area contributed by atoms with E-state index in [0.717, 1.165) is 23.1 Å². The summed E-state index contributed by atoms with van der Waals surface area (Å²) in [4.78, 5) is 8.75.